The molecule has 0 aromatic heterocycles. The molecule has 1 aliphatic heterocycles. The monoisotopic (exact) mass is 415 g/mol. The summed E-state index contributed by atoms with van der Waals surface area (Å²) in [5.41, 5.74) is 3.78. The van der Waals surface area contributed by atoms with Gasteiger partial charge in [-0.05, 0) is 49.6 Å². The Balaban J connectivity index is 1.56. The molecular weight excluding hydrogens is 386 g/mol. The third-order valence-electron chi connectivity index (χ3n) is 5.27. The highest BCUT2D eigenvalue weighted by Crippen LogP contribution is 2.22. The average molecular weight is 416 g/mol. The number of piperazine rings is 1. The number of amides is 1. The number of aryl methyl sites for hydroxylation is 3. The van der Waals surface area contributed by atoms with Crippen LogP contribution >= 0.6 is 0 Å². The molecule has 2 aromatic carbocycles. The molecule has 1 saturated heterocycles. The minimum atomic E-state index is -3.51. The maximum atomic E-state index is 13.0. The average Bonchev–Trinajstić information content (AvgIpc) is 2.68. The molecule has 1 N–H and O–H groups in total. The first kappa shape index (κ1) is 21.5. The number of hydrogen-bond donors (Lipinski definition) is 1. The number of hydrogen-bond acceptors (Lipinski definition) is 4. The van der Waals surface area contributed by atoms with Crippen LogP contribution in [0.1, 0.15) is 23.6 Å². The van der Waals surface area contributed by atoms with Crippen LogP contribution in [-0.2, 0) is 21.2 Å². The maximum absolute atomic E-state index is 13.0. The Bertz CT molecular complexity index is 981. The molecule has 0 unspecified atom stereocenters. The topological polar surface area (TPSA) is 69.7 Å². The first-order chi connectivity index (χ1) is 13.8. The van der Waals surface area contributed by atoms with Crippen molar-refractivity contribution in [2.45, 2.75) is 32.1 Å². The van der Waals surface area contributed by atoms with Gasteiger partial charge in [-0.2, -0.15) is 4.31 Å². The molecule has 29 heavy (non-hydrogen) atoms. The summed E-state index contributed by atoms with van der Waals surface area (Å²) in [7, 11) is -3.51. The van der Waals surface area contributed by atoms with Crippen LogP contribution in [0.2, 0.25) is 0 Å². The van der Waals surface area contributed by atoms with Gasteiger partial charge >= 0.3 is 0 Å². The van der Waals surface area contributed by atoms with E-state index in [2.05, 4.69) is 12.2 Å². The Kier molecular flexibility index (Phi) is 6.72. The Hall–Kier alpha value is -2.22. The number of anilines is 1. The second kappa shape index (κ2) is 9.07. The van der Waals surface area contributed by atoms with Crippen molar-refractivity contribution >= 4 is 21.6 Å². The van der Waals surface area contributed by atoms with Gasteiger partial charge in [0.05, 0.1) is 11.4 Å². The van der Waals surface area contributed by atoms with Gasteiger partial charge < -0.3 is 5.32 Å². The van der Waals surface area contributed by atoms with E-state index in [-0.39, 0.29) is 12.5 Å². The largest absolute Gasteiger partial charge is 0.325 e. The molecule has 0 spiro atoms. The Labute approximate surface area is 173 Å². The van der Waals surface area contributed by atoms with Gasteiger partial charge in [-0.3, -0.25) is 9.69 Å². The number of nitrogens with zero attached hydrogens (tertiary/aromatic N) is 2. The highest BCUT2D eigenvalue weighted by Gasteiger charge is 2.30. The molecule has 0 radical (unpaired) electrons. The van der Waals surface area contributed by atoms with E-state index in [1.165, 1.54) is 9.87 Å². The summed E-state index contributed by atoms with van der Waals surface area (Å²) in [6.07, 6.45) is 0.917. The molecular formula is C22H29N3O3S. The molecule has 0 bridgehead atoms. The second-order valence-corrected chi connectivity index (χ2v) is 9.46. The fourth-order valence-electron chi connectivity index (χ4n) is 3.63. The number of benzene rings is 2. The van der Waals surface area contributed by atoms with Crippen LogP contribution in [0.15, 0.2) is 47.4 Å². The zero-order valence-corrected chi connectivity index (χ0v) is 18.1. The minimum absolute atomic E-state index is 0.0797. The molecule has 0 atom stereocenters. The van der Waals surface area contributed by atoms with Gasteiger partial charge in [-0.1, -0.05) is 36.8 Å². The second-order valence-electron chi connectivity index (χ2n) is 7.55. The van der Waals surface area contributed by atoms with Gasteiger partial charge in [-0.15, -0.1) is 0 Å². The highest BCUT2D eigenvalue weighted by molar-refractivity contribution is 7.89. The first-order valence-electron chi connectivity index (χ1n) is 9.98. The number of carbonyl (C=O) groups excluding carboxylic acids is 1. The van der Waals surface area contributed by atoms with Crippen LogP contribution in [0.3, 0.4) is 0 Å². The van der Waals surface area contributed by atoms with Crippen LogP contribution in [0.4, 0.5) is 5.69 Å². The highest BCUT2D eigenvalue weighted by atomic mass is 32.2. The molecule has 2 aromatic rings. The van der Waals surface area contributed by atoms with Gasteiger partial charge in [0.15, 0.2) is 0 Å². The van der Waals surface area contributed by atoms with Gasteiger partial charge in [0.2, 0.25) is 15.9 Å². The van der Waals surface area contributed by atoms with Gasteiger partial charge in [0.1, 0.15) is 0 Å². The van der Waals surface area contributed by atoms with Gasteiger partial charge in [-0.25, -0.2) is 8.42 Å². The van der Waals surface area contributed by atoms with E-state index in [1.807, 2.05) is 55.1 Å². The number of nitrogens with one attached hydrogen (secondary N) is 1. The van der Waals surface area contributed by atoms with E-state index < -0.39 is 10.0 Å². The minimum Gasteiger partial charge on any atom is -0.325 e. The van der Waals surface area contributed by atoms with E-state index in [9.17, 15) is 13.2 Å². The normalized spacial score (nSPS) is 16.0. The van der Waals surface area contributed by atoms with Crippen LogP contribution in [0, 0.1) is 13.8 Å². The van der Waals surface area contributed by atoms with Crippen LogP contribution in [-0.4, -0.2) is 56.3 Å². The lowest BCUT2D eigenvalue weighted by Gasteiger charge is -2.33. The Morgan fingerprint density at radius 3 is 2.41 bits per heavy atom. The summed E-state index contributed by atoms with van der Waals surface area (Å²) in [5, 5.41) is 2.93. The van der Waals surface area contributed by atoms with Gasteiger partial charge in [0, 0.05) is 31.9 Å². The lowest BCUT2D eigenvalue weighted by Crippen LogP contribution is -2.50. The molecule has 1 heterocycles. The molecule has 0 aliphatic carbocycles. The van der Waals surface area contributed by atoms with Gasteiger partial charge in [0.25, 0.3) is 0 Å². The number of carbonyl (C=O) groups is 1. The quantitative estimate of drug-likeness (QED) is 0.788. The standard InChI is InChI=1S/C22H29N3O3S/c1-4-19-6-5-7-20(15-19)23-22(26)16-24-10-12-25(13-11-24)29(27,28)21-9-8-17(2)14-18(21)3/h5-9,14-15H,4,10-13,16H2,1-3H3,(H,23,26). The predicted octanol–water partition coefficient (Wildman–Crippen LogP) is 2.81. The summed E-state index contributed by atoms with van der Waals surface area (Å²) in [6.45, 7) is 7.95. The summed E-state index contributed by atoms with van der Waals surface area (Å²) < 4.78 is 27.5. The lowest BCUT2D eigenvalue weighted by atomic mass is 10.1. The smallest absolute Gasteiger partial charge is 0.243 e. The van der Waals surface area contributed by atoms with Crippen molar-refractivity contribution in [2.75, 3.05) is 38.0 Å². The van der Waals surface area contributed by atoms with E-state index in [0.717, 1.165) is 23.2 Å². The predicted molar refractivity (Wildman–Crippen MR) is 116 cm³/mol. The molecule has 3 rings (SSSR count). The van der Waals surface area contributed by atoms with E-state index in [4.69, 9.17) is 0 Å². The van der Waals surface area contributed by atoms with Crippen molar-refractivity contribution in [3.05, 3.63) is 59.2 Å². The van der Waals surface area contributed by atoms with Crippen molar-refractivity contribution in [1.29, 1.82) is 0 Å². The number of rotatable bonds is 6. The van der Waals surface area contributed by atoms with Crippen LogP contribution in [0.5, 0.6) is 0 Å². The molecule has 1 fully saturated rings. The zero-order chi connectivity index (χ0) is 21.0. The molecule has 6 nitrogen and oxygen atoms in total. The fraction of sp³-hybridized carbons (Fsp3) is 0.409. The lowest BCUT2D eigenvalue weighted by molar-refractivity contribution is -0.117. The number of sulfonamides is 1. The van der Waals surface area contributed by atoms with Crippen molar-refractivity contribution in [3.63, 3.8) is 0 Å². The third-order valence-corrected chi connectivity index (χ3v) is 7.32. The SMILES string of the molecule is CCc1cccc(NC(=O)CN2CCN(S(=O)(=O)c3ccc(C)cc3C)CC2)c1. The summed E-state index contributed by atoms with van der Waals surface area (Å²) in [6, 6.07) is 13.2. The maximum Gasteiger partial charge on any atom is 0.243 e. The van der Waals surface area contributed by atoms with Crippen molar-refractivity contribution in [2.24, 2.45) is 0 Å². The van der Waals surface area contributed by atoms with Crippen molar-refractivity contribution in [1.82, 2.24) is 9.21 Å². The van der Waals surface area contributed by atoms with Crippen molar-refractivity contribution < 1.29 is 13.2 Å². The molecule has 1 aliphatic rings. The first-order valence-corrected chi connectivity index (χ1v) is 11.4. The Morgan fingerprint density at radius 2 is 1.76 bits per heavy atom. The molecule has 7 heteroatoms. The zero-order valence-electron chi connectivity index (χ0n) is 17.3. The molecule has 1 amide bonds. The third kappa shape index (κ3) is 5.23. The van der Waals surface area contributed by atoms with E-state index >= 15 is 0 Å². The van der Waals surface area contributed by atoms with Crippen LogP contribution < -0.4 is 5.32 Å². The van der Waals surface area contributed by atoms with Crippen molar-refractivity contribution in [3.8, 4) is 0 Å². The molecule has 156 valence electrons. The summed E-state index contributed by atoms with van der Waals surface area (Å²) >= 11 is 0. The van der Waals surface area contributed by atoms with E-state index in [1.54, 1.807) is 6.07 Å². The summed E-state index contributed by atoms with van der Waals surface area (Å²) in [4.78, 5) is 14.7. The van der Waals surface area contributed by atoms with E-state index in [0.29, 0.717) is 31.1 Å². The molecule has 0 saturated carbocycles. The Morgan fingerprint density at radius 1 is 1.03 bits per heavy atom. The van der Waals surface area contributed by atoms with Crippen LogP contribution in [0.25, 0.3) is 0 Å². The summed E-state index contributed by atoms with van der Waals surface area (Å²) in [5.74, 6) is -0.0797. The fourth-order valence-corrected chi connectivity index (χ4v) is 5.26.